The molecule has 0 spiro atoms. The zero-order valence-electron chi connectivity index (χ0n) is 12.9. The molecule has 0 aliphatic rings. The average Bonchev–Trinajstić information content (AvgIpc) is 2.76. The van der Waals surface area contributed by atoms with Gasteiger partial charge >= 0.3 is 0 Å². The SMILES string of the molecule is CCOC(C)(CC)C(=O)c1c(Cl)cnn1CCN(C)C. The lowest BCUT2D eigenvalue weighted by molar-refractivity contribution is -0.0123. The van der Waals surface area contributed by atoms with Crippen LogP contribution in [0.2, 0.25) is 5.02 Å². The van der Waals surface area contributed by atoms with Gasteiger partial charge < -0.3 is 9.64 Å². The summed E-state index contributed by atoms with van der Waals surface area (Å²) in [5.41, 5.74) is -0.416. The van der Waals surface area contributed by atoms with E-state index in [-0.39, 0.29) is 5.78 Å². The fourth-order valence-electron chi connectivity index (χ4n) is 1.95. The van der Waals surface area contributed by atoms with Crippen molar-refractivity contribution in [2.75, 3.05) is 27.2 Å². The normalized spacial score (nSPS) is 14.6. The summed E-state index contributed by atoms with van der Waals surface area (Å²) in [5, 5.41) is 4.58. The monoisotopic (exact) mass is 301 g/mol. The van der Waals surface area contributed by atoms with E-state index in [4.69, 9.17) is 16.3 Å². The molecule has 0 bridgehead atoms. The molecule has 1 heterocycles. The average molecular weight is 302 g/mol. The van der Waals surface area contributed by atoms with E-state index >= 15 is 0 Å². The summed E-state index contributed by atoms with van der Waals surface area (Å²) in [6, 6.07) is 0. The van der Waals surface area contributed by atoms with Crippen molar-refractivity contribution in [3.05, 3.63) is 16.9 Å². The fraction of sp³-hybridized carbons (Fsp3) is 0.714. The van der Waals surface area contributed by atoms with Crippen LogP contribution in [0.3, 0.4) is 0 Å². The summed E-state index contributed by atoms with van der Waals surface area (Å²) < 4.78 is 7.30. The Morgan fingerprint density at radius 2 is 2.15 bits per heavy atom. The van der Waals surface area contributed by atoms with E-state index in [1.54, 1.807) is 11.6 Å². The van der Waals surface area contributed by atoms with E-state index < -0.39 is 5.60 Å². The number of Topliss-reactive ketones (excluding diaryl/α,β-unsaturated/α-hetero) is 1. The first kappa shape index (κ1) is 17.1. The van der Waals surface area contributed by atoms with E-state index in [0.29, 0.717) is 30.3 Å². The van der Waals surface area contributed by atoms with Crippen molar-refractivity contribution in [1.29, 1.82) is 0 Å². The van der Waals surface area contributed by atoms with Crippen LogP contribution in [-0.2, 0) is 11.3 Å². The number of nitrogens with zero attached hydrogens (tertiary/aromatic N) is 3. The standard InChI is InChI=1S/C14H24ClN3O2/c1-6-14(3,20-7-2)13(19)12-11(15)10-16-18(12)9-8-17(4)5/h10H,6-9H2,1-5H3. The first-order valence-electron chi connectivity index (χ1n) is 6.90. The van der Waals surface area contributed by atoms with Gasteiger partial charge in [0, 0.05) is 13.2 Å². The number of likely N-dealkylation sites (N-methyl/N-ethyl adjacent to an activating group) is 1. The molecule has 0 N–H and O–H groups in total. The second kappa shape index (κ2) is 7.20. The molecule has 1 rings (SSSR count). The molecule has 0 saturated carbocycles. The third-order valence-corrected chi connectivity index (χ3v) is 3.66. The minimum Gasteiger partial charge on any atom is -0.367 e. The van der Waals surface area contributed by atoms with Gasteiger partial charge in [0.1, 0.15) is 11.3 Å². The van der Waals surface area contributed by atoms with Gasteiger partial charge in [0.25, 0.3) is 0 Å². The summed E-state index contributed by atoms with van der Waals surface area (Å²) in [7, 11) is 3.95. The Balaban J connectivity index is 3.05. The van der Waals surface area contributed by atoms with Crippen molar-refractivity contribution < 1.29 is 9.53 Å². The van der Waals surface area contributed by atoms with E-state index in [1.807, 2.05) is 32.8 Å². The number of carbonyl (C=O) groups is 1. The lowest BCUT2D eigenvalue weighted by Gasteiger charge is -2.27. The predicted octanol–water partition coefficient (Wildman–Crippen LogP) is 2.49. The largest absolute Gasteiger partial charge is 0.367 e. The van der Waals surface area contributed by atoms with Crippen LogP contribution in [0, 0.1) is 0 Å². The van der Waals surface area contributed by atoms with Crippen LogP contribution in [0.5, 0.6) is 0 Å². The van der Waals surface area contributed by atoms with E-state index in [2.05, 4.69) is 5.10 Å². The maximum atomic E-state index is 12.8. The van der Waals surface area contributed by atoms with E-state index in [0.717, 1.165) is 6.54 Å². The van der Waals surface area contributed by atoms with Gasteiger partial charge in [0.2, 0.25) is 5.78 Å². The van der Waals surface area contributed by atoms with Crippen molar-refractivity contribution in [2.24, 2.45) is 0 Å². The molecule has 0 aromatic carbocycles. The van der Waals surface area contributed by atoms with Crippen LogP contribution in [0.4, 0.5) is 0 Å². The van der Waals surface area contributed by atoms with Crippen molar-refractivity contribution in [3.8, 4) is 0 Å². The fourth-order valence-corrected chi connectivity index (χ4v) is 2.18. The van der Waals surface area contributed by atoms with Gasteiger partial charge in [0.05, 0.1) is 17.8 Å². The van der Waals surface area contributed by atoms with Crippen molar-refractivity contribution in [1.82, 2.24) is 14.7 Å². The Kier molecular flexibility index (Phi) is 6.17. The van der Waals surface area contributed by atoms with Crippen LogP contribution in [0.25, 0.3) is 0 Å². The zero-order valence-corrected chi connectivity index (χ0v) is 13.7. The first-order chi connectivity index (χ1) is 9.35. The quantitative estimate of drug-likeness (QED) is 0.692. The van der Waals surface area contributed by atoms with Crippen LogP contribution in [-0.4, -0.2) is 53.3 Å². The van der Waals surface area contributed by atoms with Gasteiger partial charge in [0.15, 0.2) is 0 Å². The van der Waals surface area contributed by atoms with E-state index in [9.17, 15) is 4.79 Å². The molecule has 5 nitrogen and oxygen atoms in total. The Bertz CT molecular complexity index is 459. The maximum Gasteiger partial charge on any atom is 0.213 e. The summed E-state index contributed by atoms with van der Waals surface area (Å²) >= 11 is 6.14. The number of hydrogen-bond donors (Lipinski definition) is 0. The van der Waals surface area contributed by atoms with Crippen LogP contribution < -0.4 is 0 Å². The van der Waals surface area contributed by atoms with E-state index in [1.165, 1.54) is 6.20 Å². The minimum atomic E-state index is -0.853. The first-order valence-corrected chi connectivity index (χ1v) is 7.28. The Hall–Kier alpha value is -0.910. The van der Waals surface area contributed by atoms with Gasteiger partial charge in [-0.1, -0.05) is 18.5 Å². The molecule has 1 atom stereocenters. The Morgan fingerprint density at radius 1 is 1.50 bits per heavy atom. The molecule has 0 saturated heterocycles. The van der Waals surface area contributed by atoms with Gasteiger partial charge in [-0.05, 0) is 34.4 Å². The molecule has 0 fully saturated rings. The number of halogens is 1. The molecule has 0 radical (unpaired) electrons. The Labute approximate surface area is 125 Å². The highest BCUT2D eigenvalue weighted by Crippen LogP contribution is 2.26. The van der Waals surface area contributed by atoms with Gasteiger partial charge in [-0.15, -0.1) is 0 Å². The summed E-state index contributed by atoms with van der Waals surface area (Å²) in [4.78, 5) is 14.8. The predicted molar refractivity (Wildman–Crippen MR) is 80.4 cm³/mol. The molecule has 0 amide bonds. The third kappa shape index (κ3) is 3.81. The molecule has 20 heavy (non-hydrogen) atoms. The van der Waals surface area contributed by atoms with Crippen LogP contribution in [0.1, 0.15) is 37.7 Å². The highest BCUT2D eigenvalue weighted by Gasteiger charge is 2.36. The molecule has 1 unspecified atom stereocenters. The molecule has 0 aliphatic heterocycles. The lowest BCUT2D eigenvalue weighted by Crippen LogP contribution is -2.39. The number of aromatic nitrogens is 2. The number of carbonyl (C=O) groups excluding carboxylic acids is 1. The Morgan fingerprint density at radius 3 is 2.65 bits per heavy atom. The second-order valence-corrected chi connectivity index (χ2v) is 5.62. The van der Waals surface area contributed by atoms with Crippen molar-refractivity contribution in [3.63, 3.8) is 0 Å². The molecular formula is C14H24ClN3O2. The maximum absolute atomic E-state index is 12.8. The molecule has 114 valence electrons. The summed E-state index contributed by atoms with van der Waals surface area (Å²) in [5.74, 6) is -0.108. The van der Waals surface area contributed by atoms with Crippen LogP contribution >= 0.6 is 11.6 Å². The second-order valence-electron chi connectivity index (χ2n) is 5.21. The molecule has 1 aromatic heterocycles. The molecular weight excluding hydrogens is 278 g/mol. The topological polar surface area (TPSA) is 47.4 Å². The minimum absolute atomic E-state index is 0.108. The summed E-state index contributed by atoms with van der Waals surface area (Å²) in [6.45, 7) is 7.51. The van der Waals surface area contributed by atoms with Gasteiger partial charge in [-0.25, -0.2) is 0 Å². The van der Waals surface area contributed by atoms with Gasteiger partial charge in [-0.2, -0.15) is 5.10 Å². The van der Waals surface area contributed by atoms with Crippen molar-refractivity contribution >= 4 is 17.4 Å². The number of rotatable bonds is 8. The number of ether oxygens (including phenoxy) is 1. The smallest absolute Gasteiger partial charge is 0.213 e. The number of hydrogen-bond acceptors (Lipinski definition) is 4. The third-order valence-electron chi connectivity index (χ3n) is 3.39. The number of ketones is 1. The summed E-state index contributed by atoms with van der Waals surface area (Å²) in [6.07, 6.45) is 2.11. The lowest BCUT2D eigenvalue weighted by atomic mass is 9.95. The molecule has 6 heteroatoms. The van der Waals surface area contributed by atoms with Crippen molar-refractivity contribution in [2.45, 2.75) is 39.3 Å². The highest BCUT2D eigenvalue weighted by atomic mass is 35.5. The molecule has 0 aliphatic carbocycles. The molecule has 1 aromatic rings. The highest BCUT2D eigenvalue weighted by molar-refractivity contribution is 6.34. The van der Waals surface area contributed by atoms with Crippen LogP contribution in [0.15, 0.2) is 6.20 Å². The zero-order chi connectivity index (χ0) is 15.3. The van der Waals surface area contributed by atoms with Gasteiger partial charge in [-0.3, -0.25) is 9.48 Å².